The molecule has 4 nitrogen and oxygen atoms in total. The third-order valence-corrected chi connectivity index (χ3v) is 3.51. The first-order chi connectivity index (χ1) is 9.95. The van der Waals surface area contributed by atoms with Crippen molar-refractivity contribution in [1.29, 1.82) is 0 Å². The molecule has 1 fully saturated rings. The first kappa shape index (κ1) is 15.5. The van der Waals surface area contributed by atoms with Gasteiger partial charge in [0.05, 0.1) is 0 Å². The highest BCUT2D eigenvalue weighted by molar-refractivity contribution is 5.78. The number of nitrogens with one attached hydrogen (secondary N) is 1. The van der Waals surface area contributed by atoms with Crippen LogP contribution in [0.1, 0.15) is 20.3 Å². The molecule has 0 saturated carbocycles. The molecule has 21 heavy (non-hydrogen) atoms. The Balaban J connectivity index is 1.90. The first-order valence-electron chi connectivity index (χ1n) is 7.22. The maximum absolute atomic E-state index is 13.3. The molecular formula is C15H22F2N4. The van der Waals surface area contributed by atoms with Crippen LogP contribution in [0.3, 0.4) is 0 Å². The average molecular weight is 296 g/mol. The smallest absolute Gasteiger partial charge is 0.188 e. The summed E-state index contributed by atoms with van der Waals surface area (Å²) in [5.41, 5.74) is 6.49. The molecule has 6 heteroatoms. The summed E-state index contributed by atoms with van der Waals surface area (Å²) in [6.07, 6.45) is 0.970. The van der Waals surface area contributed by atoms with Crippen LogP contribution in [0.2, 0.25) is 0 Å². The average Bonchev–Trinajstić information content (AvgIpc) is 2.88. The lowest BCUT2D eigenvalue weighted by Crippen LogP contribution is -2.37. The second-order valence-electron chi connectivity index (χ2n) is 5.72. The number of halogens is 2. The van der Waals surface area contributed by atoms with E-state index in [0.717, 1.165) is 19.5 Å². The van der Waals surface area contributed by atoms with Crippen molar-refractivity contribution >= 4 is 11.6 Å². The van der Waals surface area contributed by atoms with Gasteiger partial charge in [-0.05, 0) is 38.3 Å². The van der Waals surface area contributed by atoms with Crippen LogP contribution < -0.4 is 16.0 Å². The van der Waals surface area contributed by atoms with Gasteiger partial charge in [-0.3, -0.25) is 4.99 Å². The summed E-state index contributed by atoms with van der Waals surface area (Å²) < 4.78 is 26.2. The van der Waals surface area contributed by atoms with Crippen LogP contribution in [-0.2, 0) is 0 Å². The Labute approximate surface area is 124 Å². The van der Waals surface area contributed by atoms with Gasteiger partial charge in [0.1, 0.15) is 0 Å². The third-order valence-electron chi connectivity index (χ3n) is 3.51. The Kier molecular flexibility index (Phi) is 4.98. The fourth-order valence-corrected chi connectivity index (χ4v) is 2.47. The van der Waals surface area contributed by atoms with E-state index in [-0.39, 0.29) is 6.04 Å². The van der Waals surface area contributed by atoms with Crippen molar-refractivity contribution in [2.45, 2.75) is 26.3 Å². The van der Waals surface area contributed by atoms with E-state index in [1.807, 2.05) is 13.8 Å². The Hall–Kier alpha value is -1.85. The molecule has 1 aliphatic heterocycles. The van der Waals surface area contributed by atoms with E-state index in [0.29, 0.717) is 24.1 Å². The lowest BCUT2D eigenvalue weighted by molar-refractivity contribution is 0.508. The van der Waals surface area contributed by atoms with Gasteiger partial charge in [-0.2, -0.15) is 0 Å². The lowest BCUT2D eigenvalue weighted by Gasteiger charge is -2.18. The Morgan fingerprint density at radius 1 is 1.43 bits per heavy atom. The minimum Gasteiger partial charge on any atom is -0.371 e. The minimum absolute atomic E-state index is 0.260. The molecule has 1 aliphatic rings. The van der Waals surface area contributed by atoms with Gasteiger partial charge < -0.3 is 16.0 Å². The second-order valence-corrected chi connectivity index (χ2v) is 5.72. The Morgan fingerprint density at radius 3 is 2.86 bits per heavy atom. The van der Waals surface area contributed by atoms with E-state index in [2.05, 4.69) is 15.2 Å². The van der Waals surface area contributed by atoms with Crippen LogP contribution >= 0.6 is 0 Å². The van der Waals surface area contributed by atoms with E-state index in [9.17, 15) is 8.78 Å². The van der Waals surface area contributed by atoms with Crippen LogP contribution in [0, 0.1) is 17.6 Å². The van der Waals surface area contributed by atoms with Crippen molar-refractivity contribution in [3.8, 4) is 0 Å². The highest BCUT2D eigenvalue weighted by Gasteiger charge is 2.23. The molecule has 0 spiro atoms. The standard InChI is InChI=1S/C15H22F2N4/c1-10(2)20-15(18)19-8-11-5-6-21(9-11)12-3-4-13(16)14(17)7-12/h3-4,7,10-11H,5-6,8-9H2,1-2H3,(H3,18,19,20). The molecule has 1 aromatic rings. The zero-order chi connectivity index (χ0) is 15.4. The van der Waals surface area contributed by atoms with Crippen molar-refractivity contribution in [3.63, 3.8) is 0 Å². The van der Waals surface area contributed by atoms with Crippen molar-refractivity contribution < 1.29 is 8.78 Å². The molecule has 0 aliphatic carbocycles. The SMILES string of the molecule is CC(C)NC(N)=NCC1CCN(c2ccc(F)c(F)c2)C1. The Morgan fingerprint density at radius 2 is 2.19 bits per heavy atom. The molecule has 1 saturated heterocycles. The predicted molar refractivity (Wildman–Crippen MR) is 81.4 cm³/mol. The van der Waals surface area contributed by atoms with Crippen molar-refractivity contribution in [3.05, 3.63) is 29.8 Å². The van der Waals surface area contributed by atoms with Crippen LogP contribution in [0.5, 0.6) is 0 Å². The molecule has 116 valence electrons. The number of nitrogens with zero attached hydrogens (tertiary/aromatic N) is 2. The van der Waals surface area contributed by atoms with E-state index < -0.39 is 11.6 Å². The number of nitrogens with two attached hydrogens (primary N) is 1. The molecule has 0 radical (unpaired) electrons. The first-order valence-corrected chi connectivity index (χ1v) is 7.22. The van der Waals surface area contributed by atoms with Gasteiger partial charge >= 0.3 is 0 Å². The summed E-state index contributed by atoms with van der Waals surface area (Å²) >= 11 is 0. The zero-order valence-corrected chi connectivity index (χ0v) is 12.4. The molecular weight excluding hydrogens is 274 g/mol. The van der Waals surface area contributed by atoms with Gasteiger partial charge in [0, 0.05) is 37.4 Å². The van der Waals surface area contributed by atoms with Gasteiger partial charge in [-0.25, -0.2) is 8.78 Å². The number of aliphatic imine (C=N–C) groups is 1. The van der Waals surface area contributed by atoms with E-state index >= 15 is 0 Å². The maximum Gasteiger partial charge on any atom is 0.188 e. The molecule has 0 bridgehead atoms. The molecule has 1 aromatic carbocycles. The second kappa shape index (κ2) is 6.74. The third kappa shape index (κ3) is 4.31. The quantitative estimate of drug-likeness (QED) is 0.661. The topological polar surface area (TPSA) is 53.6 Å². The molecule has 1 unspecified atom stereocenters. The van der Waals surface area contributed by atoms with Crippen molar-refractivity contribution in [2.24, 2.45) is 16.6 Å². The van der Waals surface area contributed by atoms with Gasteiger partial charge in [-0.15, -0.1) is 0 Å². The summed E-state index contributed by atoms with van der Waals surface area (Å²) in [6.45, 7) is 6.25. The Bertz CT molecular complexity index is 516. The van der Waals surface area contributed by atoms with E-state index in [1.165, 1.54) is 12.1 Å². The minimum atomic E-state index is -0.813. The van der Waals surface area contributed by atoms with Crippen LogP contribution in [0.4, 0.5) is 14.5 Å². The predicted octanol–water partition coefficient (Wildman–Crippen LogP) is 2.10. The van der Waals surface area contributed by atoms with Crippen molar-refractivity contribution in [1.82, 2.24) is 5.32 Å². The van der Waals surface area contributed by atoms with Crippen LogP contribution in [0.15, 0.2) is 23.2 Å². The summed E-state index contributed by atoms with van der Waals surface area (Å²) in [6, 6.07) is 4.28. The normalized spacial score (nSPS) is 19.4. The van der Waals surface area contributed by atoms with Crippen molar-refractivity contribution in [2.75, 3.05) is 24.5 Å². The molecule has 2 rings (SSSR count). The number of guanidine groups is 1. The monoisotopic (exact) mass is 296 g/mol. The van der Waals surface area contributed by atoms with Crippen LogP contribution in [0.25, 0.3) is 0 Å². The van der Waals surface area contributed by atoms with E-state index in [1.54, 1.807) is 6.07 Å². The highest BCUT2D eigenvalue weighted by atomic mass is 19.2. The van der Waals surface area contributed by atoms with Crippen LogP contribution in [-0.4, -0.2) is 31.6 Å². The highest BCUT2D eigenvalue weighted by Crippen LogP contribution is 2.25. The van der Waals surface area contributed by atoms with Gasteiger partial charge in [0.25, 0.3) is 0 Å². The summed E-state index contributed by atoms with van der Waals surface area (Å²) in [4.78, 5) is 6.38. The number of rotatable bonds is 4. The summed E-state index contributed by atoms with van der Waals surface area (Å²) in [5.74, 6) is -0.784. The lowest BCUT2D eigenvalue weighted by atomic mass is 10.1. The molecule has 1 atom stereocenters. The van der Waals surface area contributed by atoms with E-state index in [4.69, 9.17) is 5.73 Å². The zero-order valence-electron chi connectivity index (χ0n) is 12.4. The van der Waals surface area contributed by atoms with Gasteiger partial charge in [-0.1, -0.05) is 0 Å². The van der Waals surface area contributed by atoms with Gasteiger partial charge in [0.15, 0.2) is 17.6 Å². The summed E-state index contributed by atoms with van der Waals surface area (Å²) in [5, 5.41) is 3.05. The van der Waals surface area contributed by atoms with Gasteiger partial charge in [0.2, 0.25) is 0 Å². The fraction of sp³-hybridized carbons (Fsp3) is 0.533. The maximum atomic E-state index is 13.3. The fourth-order valence-electron chi connectivity index (χ4n) is 2.47. The number of anilines is 1. The molecule has 1 heterocycles. The largest absolute Gasteiger partial charge is 0.371 e. The molecule has 3 N–H and O–H groups in total. The summed E-state index contributed by atoms with van der Waals surface area (Å²) in [7, 11) is 0. The number of hydrogen-bond acceptors (Lipinski definition) is 2. The number of hydrogen-bond donors (Lipinski definition) is 2. The molecule has 0 amide bonds. The number of benzene rings is 1. The molecule has 0 aromatic heterocycles.